The number of amides is 3. The van der Waals surface area contributed by atoms with E-state index >= 15 is 0 Å². The lowest BCUT2D eigenvalue weighted by Crippen LogP contribution is -2.44. The summed E-state index contributed by atoms with van der Waals surface area (Å²) >= 11 is 0. The number of anilines is 1. The van der Waals surface area contributed by atoms with Gasteiger partial charge in [0.1, 0.15) is 11.8 Å². The lowest BCUT2D eigenvalue weighted by Gasteiger charge is -2.23. The molecular formula is C27H34N4O4. The minimum Gasteiger partial charge on any atom is -0.484 e. The number of nitrogens with zero attached hydrogens (tertiary/aromatic N) is 3. The average molecular weight is 479 g/mol. The first-order valence-corrected chi connectivity index (χ1v) is 11.7. The van der Waals surface area contributed by atoms with E-state index in [4.69, 9.17) is 4.74 Å². The molecule has 1 saturated heterocycles. The van der Waals surface area contributed by atoms with Crippen molar-refractivity contribution in [3.05, 3.63) is 60.7 Å². The maximum atomic E-state index is 12.7. The molecule has 3 rings (SSSR count). The summed E-state index contributed by atoms with van der Waals surface area (Å²) in [6.45, 7) is 6.25. The normalized spacial score (nSPS) is 16.5. The molecule has 1 N–H and O–H groups in total. The van der Waals surface area contributed by atoms with Crippen molar-refractivity contribution in [2.75, 3.05) is 32.1 Å². The summed E-state index contributed by atoms with van der Waals surface area (Å²) in [7, 11) is 1.51. The zero-order valence-corrected chi connectivity index (χ0v) is 20.8. The van der Waals surface area contributed by atoms with Crippen LogP contribution in [0.1, 0.15) is 27.2 Å². The van der Waals surface area contributed by atoms with Gasteiger partial charge in [0.25, 0.3) is 5.91 Å². The lowest BCUT2D eigenvalue weighted by atomic mass is 10.1. The topological polar surface area (TPSA) is 103 Å². The second-order valence-corrected chi connectivity index (χ2v) is 9.06. The molecule has 0 spiro atoms. The molecule has 1 aliphatic heterocycles. The second-order valence-electron chi connectivity index (χ2n) is 9.06. The molecule has 0 aromatic heterocycles. The predicted octanol–water partition coefficient (Wildman–Crippen LogP) is 3.57. The first-order valence-electron chi connectivity index (χ1n) is 11.7. The van der Waals surface area contributed by atoms with E-state index in [-0.39, 0.29) is 43.8 Å². The molecule has 0 aliphatic carbocycles. The summed E-state index contributed by atoms with van der Waals surface area (Å²) in [6.07, 6.45) is 0.260. The number of nitrogens with one attached hydrogen (secondary N) is 1. The van der Waals surface area contributed by atoms with E-state index in [2.05, 4.69) is 32.2 Å². The van der Waals surface area contributed by atoms with E-state index in [9.17, 15) is 19.6 Å². The summed E-state index contributed by atoms with van der Waals surface area (Å²) in [4.78, 5) is 40.2. The summed E-state index contributed by atoms with van der Waals surface area (Å²) in [6, 6.07) is 19.3. The Hall–Kier alpha value is -3.86. The van der Waals surface area contributed by atoms with Crippen LogP contribution in [0, 0.1) is 23.2 Å². The van der Waals surface area contributed by atoms with E-state index < -0.39 is 12.0 Å². The molecule has 1 aliphatic rings. The Morgan fingerprint density at radius 1 is 1.09 bits per heavy atom. The number of benzene rings is 2. The maximum Gasteiger partial charge on any atom is 0.260 e. The number of para-hydroxylation sites is 2. The van der Waals surface area contributed by atoms with Gasteiger partial charge in [-0.2, -0.15) is 5.26 Å². The van der Waals surface area contributed by atoms with Crippen LogP contribution in [-0.4, -0.2) is 60.3 Å². The Balaban J connectivity index is 0.00000100. The highest BCUT2D eigenvalue weighted by Gasteiger charge is 2.39. The number of rotatable bonds is 7. The van der Waals surface area contributed by atoms with Gasteiger partial charge in [-0.15, -0.1) is 0 Å². The van der Waals surface area contributed by atoms with Crippen LogP contribution >= 0.6 is 0 Å². The molecule has 3 amide bonds. The molecule has 2 atom stereocenters. The molecule has 0 bridgehead atoms. The van der Waals surface area contributed by atoms with Gasteiger partial charge in [-0.1, -0.05) is 57.2 Å². The molecular weight excluding hydrogens is 444 g/mol. The van der Waals surface area contributed by atoms with E-state index in [1.165, 1.54) is 16.8 Å². The fraction of sp³-hybridized carbons (Fsp3) is 0.407. The maximum absolute atomic E-state index is 12.7. The Kier molecular flexibility index (Phi) is 10.8. The van der Waals surface area contributed by atoms with Gasteiger partial charge in [0.2, 0.25) is 11.8 Å². The molecule has 8 nitrogen and oxygen atoms in total. The highest BCUT2D eigenvalue weighted by molar-refractivity contribution is 5.94. The third-order valence-electron chi connectivity index (χ3n) is 5.09. The van der Waals surface area contributed by atoms with Crippen LogP contribution in [0.3, 0.4) is 0 Å². The minimum absolute atomic E-state index is 0.137. The van der Waals surface area contributed by atoms with Crippen LogP contribution in [0.15, 0.2) is 60.7 Å². The van der Waals surface area contributed by atoms with Crippen molar-refractivity contribution in [3.63, 3.8) is 0 Å². The highest BCUT2D eigenvalue weighted by Crippen LogP contribution is 2.24. The van der Waals surface area contributed by atoms with Gasteiger partial charge in [0, 0.05) is 19.3 Å². The number of nitriles is 1. The number of ether oxygens (including phenoxy) is 1. The smallest absolute Gasteiger partial charge is 0.260 e. The van der Waals surface area contributed by atoms with Crippen molar-refractivity contribution in [1.82, 2.24) is 9.80 Å². The predicted molar refractivity (Wildman–Crippen MR) is 134 cm³/mol. The number of carbonyl (C=O) groups is 3. The number of likely N-dealkylation sites (N-methyl/N-ethyl adjacent to an activating group) is 1. The van der Waals surface area contributed by atoms with Crippen LogP contribution < -0.4 is 10.1 Å². The second kappa shape index (κ2) is 13.8. The Labute approximate surface area is 207 Å². The van der Waals surface area contributed by atoms with Gasteiger partial charge in [0.15, 0.2) is 6.61 Å². The summed E-state index contributed by atoms with van der Waals surface area (Å²) in [5.41, 5.74) is 0.662. The van der Waals surface area contributed by atoms with E-state index in [0.717, 1.165) is 5.92 Å². The molecule has 0 radical (unpaired) electrons. The fourth-order valence-electron chi connectivity index (χ4n) is 3.34. The van der Waals surface area contributed by atoms with Crippen molar-refractivity contribution in [2.45, 2.75) is 33.2 Å². The summed E-state index contributed by atoms with van der Waals surface area (Å²) < 4.78 is 5.42. The van der Waals surface area contributed by atoms with Crippen LogP contribution in [0.5, 0.6) is 5.75 Å². The third kappa shape index (κ3) is 9.13. The van der Waals surface area contributed by atoms with Crippen LogP contribution in [0.25, 0.3) is 0 Å². The molecule has 1 fully saturated rings. The number of carbonyl (C=O) groups excluding carboxylic acids is 3. The Morgan fingerprint density at radius 2 is 1.66 bits per heavy atom. The largest absolute Gasteiger partial charge is 0.484 e. The molecule has 2 aromatic rings. The SMILES string of the molecule is CC(C)C.CN(CC(=O)N1CC(C(=O)Nc2ccccc2)CC1C#N)C(=O)COc1ccccc1. The number of hydrogen-bond donors (Lipinski definition) is 1. The molecule has 0 saturated carbocycles. The highest BCUT2D eigenvalue weighted by atomic mass is 16.5. The monoisotopic (exact) mass is 478 g/mol. The quantitative estimate of drug-likeness (QED) is 0.655. The van der Waals surface area contributed by atoms with Crippen LogP contribution in [0.4, 0.5) is 5.69 Å². The van der Waals surface area contributed by atoms with Gasteiger partial charge in [0.05, 0.1) is 18.5 Å². The summed E-state index contributed by atoms with van der Waals surface area (Å²) in [5, 5.41) is 12.3. The zero-order valence-electron chi connectivity index (χ0n) is 20.8. The van der Waals surface area contributed by atoms with Gasteiger partial charge in [-0.3, -0.25) is 14.4 Å². The molecule has 35 heavy (non-hydrogen) atoms. The third-order valence-corrected chi connectivity index (χ3v) is 5.09. The van der Waals surface area contributed by atoms with Gasteiger partial charge >= 0.3 is 0 Å². The summed E-state index contributed by atoms with van der Waals surface area (Å²) in [5.74, 6) is -0.0639. The first-order chi connectivity index (χ1) is 16.7. The molecule has 2 aromatic carbocycles. The Bertz CT molecular complexity index is 1000. The van der Waals surface area contributed by atoms with Gasteiger partial charge in [-0.25, -0.2) is 0 Å². The van der Waals surface area contributed by atoms with Crippen molar-refractivity contribution >= 4 is 23.4 Å². The number of hydrogen-bond acceptors (Lipinski definition) is 5. The number of likely N-dealkylation sites (tertiary alicyclic amines) is 1. The zero-order chi connectivity index (χ0) is 25.8. The van der Waals surface area contributed by atoms with Crippen molar-refractivity contribution in [3.8, 4) is 11.8 Å². The molecule has 186 valence electrons. The van der Waals surface area contributed by atoms with Crippen molar-refractivity contribution in [1.29, 1.82) is 5.26 Å². The minimum atomic E-state index is -0.705. The Morgan fingerprint density at radius 3 is 2.23 bits per heavy atom. The molecule has 2 unspecified atom stereocenters. The van der Waals surface area contributed by atoms with Crippen molar-refractivity contribution in [2.24, 2.45) is 11.8 Å². The molecule has 8 heteroatoms. The van der Waals surface area contributed by atoms with Crippen molar-refractivity contribution < 1.29 is 19.1 Å². The van der Waals surface area contributed by atoms with Crippen LogP contribution in [-0.2, 0) is 14.4 Å². The molecule has 1 heterocycles. The lowest BCUT2D eigenvalue weighted by molar-refractivity contribution is -0.140. The fourth-order valence-corrected chi connectivity index (χ4v) is 3.34. The van der Waals surface area contributed by atoms with Gasteiger partial charge < -0.3 is 19.9 Å². The van der Waals surface area contributed by atoms with Gasteiger partial charge in [-0.05, 0) is 36.6 Å². The van der Waals surface area contributed by atoms with Crippen LogP contribution in [0.2, 0.25) is 0 Å². The first kappa shape index (κ1) is 27.4. The average Bonchev–Trinajstić information content (AvgIpc) is 3.28. The van der Waals surface area contributed by atoms with E-state index in [1.807, 2.05) is 24.3 Å². The standard InChI is InChI=1S/C23H24N4O4.C4H10/c1-26(22(29)16-31-20-10-6-3-7-11-20)15-21(28)27-14-17(12-19(27)13-24)23(30)25-18-8-4-2-5-9-18;1-4(2)3/h2-11,17,19H,12,14-16H2,1H3,(H,25,30);4H,1-3H3. The van der Waals surface area contributed by atoms with E-state index in [1.54, 1.807) is 36.4 Å². The van der Waals surface area contributed by atoms with E-state index in [0.29, 0.717) is 11.4 Å².